The molecule has 2 rings (SSSR count). The van der Waals surface area contributed by atoms with E-state index in [1.165, 1.54) is 32.4 Å². The first kappa shape index (κ1) is 9.47. The molecule has 2 aliphatic rings. The van der Waals surface area contributed by atoms with Gasteiger partial charge in [-0.3, -0.25) is 0 Å². The third-order valence-electron chi connectivity index (χ3n) is 4.14. The molecule has 0 aromatic carbocycles. The predicted octanol–water partition coefficient (Wildman–Crippen LogP) is 1.54. The molecule has 76 valence electrons. The van der Waals surface area contributed by atoms with Gasteiger partial charge in [0.05, 0.1) is 6.10 Å². The van der Waals surface area contributed by atoms with E-state index in [0.29, 0.717) is 5.41 Å². The summed E-state index contributed by atoms with van der Waals surface area (Å²) >= 11 is 0. The van der Waals surface area contributed by atoms with Gasteiger partial charge in [-0.05, 0) is 56.5 Å². The molecule has 0 radical (unpaired) electrons. The molecule has 1 aliphatic carbocycles. The molecule has 0 aromatic rings. The van der Waals surface area contributed by atoms with Crippen molar-refractivity contribution in [2.75, 3.05) is 13.1 Å². The largest absolute Gasteiger partial charge is 0.393 e. The summed E-state index contributed by atoms with van der Waals surface area (Å²) in [4.78, 5) is 0. The number of aliphatic hydroxyl groups is 1. The van der Waals surface area contributed by atoms with Gasteiger partial charge in [0.1, 0.15) is 0 Å². The van der Waals surface area contributed by atoms with E-state index in [1.807, 2.05) is 0 Å². The Morgan fingerprint density at radius 3 is 2.46 bits per heavy atom. The molecule has 0 aromatic heterocycles. The lowest BCUT2D eigenvalue weighted by Gasteiger charge is -2.40. The van der Waals surface area contributed by atoms with Crippen molar-refractivity contribution in [2.24, 2.45) is 11.3 Å². The molecular formula is C11H21NO. The zero-order valence-corrected chi connectivity index (χ0v) is 8.55. The van der Waals surface area contributed by atoms with Crippen LogP contribution in [-0.2, 0) is 0 Å². The first-order valence-corrected chi connectivity index (χ1v) is 5.59. The van der Waals surface area contributed by atoms with Crippen LogP contribution in [0.2, 0.25) is 0 Å². The van der Waals surface area contributed by atoms with E-state index in [2.05, 4.69) is 12.2 Å². The zero-order valence-electron chi connectivity index (χ0n) is 8.55. The molecule has 0 bridgehead atoms. The molecule has 1 saturated carbocycles. The second-order valence-electron chi connectivity index (χ2n) is 5.07. The minimum atomic E-state index is -0.0116. The first-order valence-electron chi connectivity index (χ1n) is 5.59. The summed E-state index contributed by atoms with van der Waals surface area (Å²) < 4.78 is 0. The van der Waals surface area contributed by atoms with E-state index < -0.39 is 0 Å². The summed E-state index contributed by atoms with van der Waals surface area (Å²) in [7, 11) is 0. The molecule has 1 aliphatic heterocycles. The quantitative estimate of drug-likeness (QED) is 0.646. The molecule has 1 atom stereocenters. The highest BCUT2D eigenvalue weighted by Crippen LogP contribution is 2.44. The van der Waals surface area contributed by atoms with Crippen molar-refractivity contribution in [3.05, 3.63) is 0 Å². The van der Waals surface area contributed by atoms with E-state index in [-0.39, 0.29) is 6.10 Å². The topological polar surface area (TPSA) is 32.3 Å². The van der Waals surface area contributed by atoms with E-state index in [4.69, 9.17) is 0 Å². The van der Waals surface area contributed by atoms with Crippen molar-refractivity contribution < 1.29 is 5.11 Å². The van der Waals surface area contributed by atoms with Crippen LogP contribution in [0.15, 0.2) is 0 Å². The van der Waals surface area contributed by atoms with Gasteiger partial charge in [-0.25, -0.2) is 0 Å². The van der Waals surface area contributed by atoms with Gasteiger partial charge in [0.15, 0.2) is 0 Å². The van der Waals surface area contributed by atoms with Gasteiger partial charge in [0, 0.05) is 0 Å². The Labute approximate surface area is 80.7 Å². The van der Waals surface area contributed by atoms with Gasteiger partial charge < -0.3 is 10.4 Å². The van der Waals surface area contributed by atoms with E-state index in [0.717, 1.165) is 18.8 Å². The van der Waals surface area contributed by atoms with Crippen LogP contribution in [0.3, 0.4) is 0 Å². The van der Waals surface area contributed by atoms with Crippen molar-refractivity contribution in [1.82, 2.24) is 5.32 Å². The summed E-state index contributed by atoms with van der Waals surface area (Å²) in [6.07, 6.45) is 5.82. The minimum Gasteiger partial charge on any atom is -0.393 e. The number of hydrogen-bond acceptors (Lipinski definition) is 2. The van der Waals surface area contributed by atoms with E-state index >= 15 is 0 Å². The molecule has 1 saturated heterocycles. The van der Waals surface area contributed by atoms with Crippen LogP contribution >= 0.6 is 0 Å². The van der Waals surface area contributed by atoms with Gasteiger partial charge in [0.2, 0.25) is 0 Å². The summed E-state index contributed by atoms with van der Waals surface area (Å²) in [6.45, 7) is 4.81. The normalized spacial score (nSPS) is 46.6. The SMILES string of the molecule is C[C@]1([C@H]2CCNC2)CC[C@@H](O)CC1. The Kier molecular flexibility index (Phi) is 2.61. The molecule has 13 heavy (non-hydrogen) atoms. The smallest absolute Gasteiger partial charge is 0.0540 e. The Morgan fingerprint density at radius 1 is 1.23 bits per heavy atom. The fourth-order valence-electron chi connectivity index (χ4n) is 2.92. The van der Waals surface area contributed by atoms with E-state index in [1.54, 1.807) is 0 Å². The molecule has 1 heterocycles. The van der Waals surface area contributed by atoms with Gasteiger partial charge in [0.25, 0.3) is 0 Å². The number of aliphatic hydroxyl groups excluding tert-OH is 1. The molecule has 2 heteroatoms. The minimum absolute atomic E-state index is 0.0116. The second-order valence-corrected chi connectivity index (χ2v) is 5.07. The summed E-state index contributed by atoms with van der Waals surface area (Å²) in [5.41, 5.74) is 0.517. The molecular weight excluding hydrogens is 162 g/mol. The third-order valence-corrected chi connectivity index (χ3v) is 4.14. The third kappa shape index (κ3) is 1.89. The molecule has 0 amide bonds. The second kappa shape index (κ2) is 3.58. The fourth-order valence-corrected chi connectivity index (χ4v) is 2.92. The molecule has 2 N–H and O–H groups in total. The zero-order chi connectivity index (χ0) is 9.31. The lowest BCUT2D eigenvalue weighted by Crippen LogP contribution is -2.34. The number of rotatable bonds is 1. The standard InChI is InChI=1S/C11H21NO/c1-11(9-4-7-12-8-9)5-2-10(13)3-6-11/h9-10,12-13H,2-8H2,1H3/t9-,10-,11+/m0/s1. The van der Waals surface area contributed by atoms with Gasteiger partial charge in [-0.15, -0.1) is 0 Å². The van der Waals surface area contributed by atoms with Crippen LogP contribution in [0.4, 0.5) is 0 Å². The monoisotopic (exact) mass is 183 g/mol. The van der Waals surface area contributed by atoms with Crippen molar-refractivity contribution >= 4 is 0 Å². The van der Waals surface area contributed by atoms with E-state index in [9.17, 15) is 5.11 Å². The number of hydrogen-bond donors (Lipinski definition) is 2. The Balaban J connectivity index is 1.95. The molecule has 0 unspecified atom stereocenters. The number of nitrogens with one attached hydrogen (secondary N) is 1. The van der Waals surface area contributed by atoms with Gasteiger partial charge >= 0.3 is 0 Å². The van der Waals surface area contributed by atoms with Crippen LogP contribution in [0.25, 0.3) is 0 Å². The highest BCUT2D eigenvalue weighted by atomic mass is 16.3. The van der Waals surface area contributed by atoms with Crippen LogP contribution in [0, 0.1) is 11.3 Å². The fraction of sp³-hybridized carbons (Fsp3) is 1.00. The summed E-state index contributed by atoms with van der Waals surface area (Å²) in [5.74, 6) is 0.861. The Bertz CT molecular complexity index is 167. The van der Waals surface area contributed by atoms with Crippen molar-refractivity contribution in [1.29, 1.82) is 0 Å². The highest BCUT2D eigenvalue weighted by Gasteiger charge is 2.38. The van der Waals surface area contributed by atoms with Crippen LogP contribution in [-0.4, -0.2) is 24.3 Å². The average molecular weight is 183 g/mol. The summed E-state index contributed by atoms with van der Waals surface area (Å²) in [5, 5.41) is 12.9. The highest BCUT2D eigenvalue weighted by molar-refractivity contribution is 4.91. The maximum Gasteiger partial charge on any atom is 0.0540 e. The summed E-state index contributed by atoms with van der Waals surface area (Å²) in [6, 6.07) is 0. The Hall–Kier alpha value is -0.0800. The van der Waals surface area contributed by atoms with Gasteiger partial charge in [-0.2, -0.15) is 0 Å². The van der Waals surface area contributed by atoms with Crippen LogP contribution in [0.1, 0.15) is 39.0 Å². The van der Waals surface area contributed by atoms with Crippen molar-refractivity contribution in [3.63, 3.8) is 0 Å². The van der Waals surface area contributed by atoms with Crippen molar-refractivity contribution in [2.45, 2.75) is 45.1 Å². The molecule has 2 fully saturated rings. The van der Waals surface area contributed by atoms with Crippen LogP contribution < -0.4 is 5.32 Å². The van der Waals surface area contributed by atoms with Crippen molar-refractivity contribution in [3.8, 4) is 0 Å². The predicted molar refractivity (Wildman–Crippen MR) is 53.6 cm³/mol. The lowest BCUT2D eigenvalue weighted by molar-refractivity contribution is 0.0419. The van der Waals surface area contributed by atoms with Gasteiger partial charge in [-0.1, -0.05) is 6.92 Å². The lowest BCUT2D eigenvalue weighted by atomic mass is 9.66. The molecule has 0 spiro atoms. The average Bonchev–Trinajstić information content (AvgIpc) is 2.63. The maximum atomic E-state index is 9.47. The first-order chi connectivity index (χ1) is 6.21. The Morgan fingerprint density at radius 2 is 1.92 bits per heavy atom. The van der Waals surface area contributed by atoms with Crippen LogP contribution in [0.5, 0.6) is 0 Å². The maximum absolute atomic E-state index is 9.47. The molecule has 2 nitrogen and oxygen atoms in total.